The average molecular weight is 380 g/mol. The number of amides is 2. The molecule has 0 bridgehead atoms. The van der Waals surface area contributed by atoms with E-state index in [0.29, 0.717) is 6.61 Å². The van der Waals surface area contributed by atoms with Crippen LogP contribution < -0.4 is 21.1 Å². The van der Waals surface area contributed by atoms with Crippen LogP contribution in [0.1, 0.15) is 27.7 Å². The molecular weight excluding hydrogens is 352 g/mol. The van der Waals surface area contributed by atoms with Crippen LogP contribution in [-0.4, -0.2) is 23.2 Å². The molecule has 2 aromatic carbocycles. The number of nitrogen functional groups attached to an aromatic ring is 1. The maximum Gasteiger partial charge on any atom is 0.319 e. The fraction of sp³-hybridized carbons (Fsp3) is 0.318. The number of urea groups is 1. The molecule has 3 aromatic rings. The zero-order valence-electron chi connectivity index (χ0n) is 16.9. The second kappa shape index (κ2) is 8.25. The van der Waals surface area contributed by atoms with Crippen LogP contribution in [0.25, 0.3) is 22.2 Å². The van der Waals surface area contributed by atoms with Crippen molar-refractivity contribution in [3.8, 4) is 17.0 Å². The van der Waals surface area contributed by atoms with Crippen LogP contribution >= 0.6 is 0 Å². The molecule has 0 aliphatic heterocycles. The summed E-state index contributed by atoms with van der Waals surface area (Å²) in [5.41, 5.74) is 11.1. The third-order valence-electron chi connectivity index (χ3n) is 4.54. The van der Waals surface area contributed by atoms with Gasteiger partial charge in [0.05, 0.1) is 23.5 Å². The summed E-state index contributed by atoms with van der Waals surface area (Å²) < 4.78 is 7.83. The number of benzene rings is 2. The first kappa shape index (κ1) is 19.6. The number of aromatic nitrogens is 1. The van der Waals surface area contributed by atoms with Gasteiger partial charge in [-0.15, -0.1) is 0 Å². The minimum Gasteiger partial charge on any atom is -0.494 e. The molecule has 4 N–H and O–H groups in total. The second-order valence-electron chi connectivity index (χ2n) is 6.95. The molecule has 0 atom stereocenters. The van der Waals surface area contributed by atoms with E-state index in [1.807, 2.05) is 57.2 Å². The Kier molecular flexibility index (Phi) is 5.78. The highest BCUT2D eigenvalue weighted by molar-refractivity contribution is 6.01. The van der Waals surface area contributed by atoms with Crippen molar-refractivity contribution in [1.82, 2.24) is 9.88 Å². The fourth-order valence-corrected chi connectivity index (χ4v) is 3.40. The molecule has 0 spiro atoms. The van der Waals surface area contributed by atoms with Crippen LogP contribution in [0.5, 0.6) is 5.75 Å². The molecule has 0 fully saturated rings. The van der Waals surface area contributed by atoms with Crippen LogP contribution in [0.4, 0.5) is 16.2 Å². The van der Waals surface area contributed by atoms with Crippen LogP contribution in [-0.2, 0) is 6.54 Å². The number of hydrogen-bond donors (Lipinski definition) is 3. The lowest BCUT2D eigenvalue weighted by molar-refractivity contribution is 0.250. The van der Waals surface area contributed by atoms with Gasteiger partial charge < -0.3 is 25.7 Å². The van der Waals surface area contributed by atoms with E-state index in [1.54, 1.807) is 0 Å². The summed E-state index contributed by atoms with van der Waals surface area (Å²) in [5, 5.41) is 6.64. The van der Waals surface area contributed by atoms with Crippen molar-refractivity contribution in [2.75, 3.05) is 17.7 Å². The fourth-order valence-electron chi connectivity index (χ4n) is 3.40. The number of nitrogens with two attached hydrogens (primary N) is 1. The second-order valence-corrected chi connectivity index (χ2v) is 6.95. The van der Waals surface area contributed by atoms with Crippen LogP contribution in [0.15, 0.2) is 42.5 Å². The van der Waals surface area contributed by atoms with E-state index in [1.165, 1.54) is 0 Å². The standard InChI is InChI=1S/C22H28N4O2/c1-5-26-19-12-11-17(28-6-2)13-18(19)20(23)21(26)15-7-9-16(10-8-15)25-22(27)24-14(3)4/h7-14H,5-6,23H2,1-4H3,(H2,24,25,27). The normalized spacial score (nSPS) is 11.0. The smallest absolute Gasteiger partial charge is 0.319 e. The molecule has 0 aliphatic rings. The highest BCUT2D eigenvalue weighted by atomic mass is 16.5. The van der Waals surface area contributed by atoms with E-state index in [-0.39, 0.29) is 12.1 Å². The molecule has 28 heavy (non-hydrogen) atoms. The summed E-state index contributed by atoms with van der Waals surface area (Å²) in [6, 6.07) is 13.6. The van der Waals surface area contributed by atoms with Gasteiger partial charge >= 0.3 is 6.03 Å². The molecule has 2 amide bonds. The molecular formula is C22H28N4O2. The molecule has 6 nitrogen and oxygen atoms in total. The van der Waals surface area contributed by atoms with Gasteiger partial charge in [0.15, 0.2) is 0 Å². The van der Waals surface area contributed by atoms with Gasteiger partial charge in [0.2, 0.25) is 0 Å². The third-order valence-corrected chi connectivity index (χ3v) is 4.54. The zero-order chi connectivity index (χ0) is 20.3. The summed E-state index contributed by atoms with van der Waals surface area (Å²) in [7, 11) is 0. The Morgan fingerprint density at radius 3 is 2.46 bits per heavy atom. The quantitative estimate of drug-likeness (QED) is 0.572. The summed E-state index contributed by atoms with van der Waals surface area (Å²) in [6.07, 6.45) is 0. The Morgan fingerprint density at radius 1 is 1.14 bits per heavy atom. The van der Waals surface area contributed by atoms with Crippen molar-refractivity contribution in [3.63, 3.8) is 0 Å². The lowest BCUT2D eigenvalue weighted by Crippen LogP contribution is -2.34. The van der Waals surface area contributed by atoms with Gasteiger partial charge in [-0.25, -0.2) is 4.79 Å². The van der Waals surface area contributed by atoms with E-state index in [0.717, 1.165) is 45.8 Å². The number of hydrogen-bond acceptors (Lipinski definition) is 3. The molecule has 0 unspecified atom stereocenters. The summed E-state index contributed by atoms with van der Waals surface area (Å²) in [6.45, 7) is 9.33. The Balaban J connectivity index is 1.96. The number of carbonyl (C=O) groups is 1. The molecule has 0 saturated heterocycles. The number of ether oxygens (including phenoxy) is 1. The SMILES string of the molecule is CCOc1ccc2c(c1)c(N)c(-c1ccc(NC(=O)NC(C)C)cc1)n2CC. The minimum absolute atomic E-state index is 0.0842. The van der Waals surface area contributed by atoms with E-state index < -0.39 is 0 Å². The molecule has 1 heterocycles. The van der Waals surface area contributed by atoms with Gasteiger partial charge in [0.25, 0.3) is 0 Å². The first-order chi connectivity index (χ1) is 13.4. The predicted octanol–water partition coefficient (Wildman–Crippen LogP) is 4.84. The number of anilines is 2. The Hall–Kier alpha value is -3.15. The maximum absolute atomic E-state index is 11.9. The molecule has 3 rings (SSSR count). The van der Waals surface area contributed by atoms with Crippen LogP contribution in [0, 0.1) is 0 Å². The van der Waals surface area contributed by atoms with Gasteiger partial charge in [-0.2, -0.15) is 0 Å². The van der Waals surface area contributed by atoms with Crippen LogP contribution in [0.3, 0.4) is 0 Å². The highest BCUT2D eigenvalue weighted by Gasteiger charge is 2.16. The number of nitrogens with one attached hydrogen (secondary N) is 2. The van der Waals surface area contributed by atoms with Gasteiger partial charge in [0, 0.05) is 29.2 Å². The molecule has 0 radical (unpaired) electrons. The summed E-state index contributed by atoms with van der Waals surface area (Å²) in [5.74, 6) is 0.817. The van der Waals surface area contributed by atoms with Gasteiger partial charge in [0.1, 0.15) is 5.75 Å². The van der Waals surface area contributed by atoms with E-state index >= 15 is 0 Å². The van der Waals surface area contributed by atoms with Crippen molar-refractivity contribution in [2.45, 2.75) is 40.3 Å². The predicted molar refractivity (Wildman–Crippen MR) is 116 cm³/mol. The average Bonchev–Trinajstić information content (AvgIpc) is 2.93. The summed E-state index contributed by atoms with van der Waals surface area (Å²) >= 11 is 0. The first-order valence-corrected chi connectivity index (χ1v) is 9.67. The van der Waals surface area contributed by atoms with Crippen molar-refractivity contribution in [3.05, 3.63) is 42.5 Å². The van der Waals surface area contributed by atoms with E-state index in [9.17, 15) is 4.79 Å². The number of rotatable bonds is 6. The van der Waals surface area contributed by atoms with Crippen LogP contribution in [0.2, 0.25) is 0 Å². The topological polar surface area (TPSA) is 81.3 Å². The van der Waals surface area contributed by atoms with Crippen molar-refractivity contribution < 1.29 is 9.53 Å². The lowest BCUT2D eigenvalue weighted by Gasteiger charge is -2.12. The Bertz CT molecular complexity index is 974. The first-order valence-electron chi connectivity index (χ1n) is 9.67. The molecule has 148 valence electrons. The minimum atomic E-state index is -0.214. The van der Waals surface area contributed by atoms with Crippen molar-refractivity contribution >= 4 is 28.3 Å². The van der Waals surface area contributed by atoms with E-state index in [2.05, 4.69) is 28.2 Å². The number of carbonyl (C=O) groups excluding carboxylic acids is 1. The van der Waals surface area contributed by atoms with Crippen molar-refractivity contribution in [1.29, 1.82) is 0 Å². The Morgan fingerprint density at radius 2 is 1.86 bits per heavy atom. The third kappa shape index (κ3) is 3.91. The lowest BCUT2D eigenvalue weighted by atomic mass is 10.1. The summed E-state index contributed by atoms with van der Waals surface area (Å²) in [4.78, 5) is 11.9. The monoisotopic (exact) mass is 380 g/mol. The number of aryl methyl sites for hydroxylation is 1. The Labute approximate surface area is 165 Å². The van der Waals surface area contributed by atoms with Gasteiger partial charge in [-0.3, -0.25) is 0 Å². The van der Waals surface area contributed by atoms with E-state index in [4.69, 9.17) is 10.5 Å². The van der Waals surface area contributed by atoms with Gasteiger partial charge in [-0.05, 0) is 58.0 Å². The maximum atomic E-state index is 11.9. The van der Waals surface area contributed by atoms with Gasteiger partial charge in [-0.1, -0.05) is 12.1 Å². The van der Waals surface area contributed by atoms with Crippen molar-refractivity contribution in [2.24, 2.45) is 0 Å². The number of nitrogens with zero attached hydrogens (tertiary/aromatic N) is 1. The number of fused-ring (bicyclic) bond motifs is 1. The zero-order valence-corrected chi connectivity index (χ0v) is 16.9. The molecule has 1 aromatic heterocycles. The molecule has 0 saturated carbocycles. The molecule has 6 heteroatoms. The highest BCUT2D eigenvalue weighted by Crippen LogP contribution is 2.38. The molecule has 0 aliphatic carbocycles. The largest absolute Gasteiger partial charge is 0.494 e.